The van der Waals surface area contributed by atoms with Gasteiger partial charge in [-0.05, 0) is 42.3 Å². The van der Waals surface area contributed by atoms with Crippen LogP contribution in [0.15, 0.2) is 79.0 Å². The second-order valence-electron chi connectivity index (χ2n) is 7.47. The summed E-state index contributed by atoms with van der Waals surface area (Å²) in [7, 11) is 0. The van der Waals surface area contributed by atoms with Crippen LogP contribution in [0.3, 0.4) is 0 Å². The topological polar surface area (TPSA) is 80.3 Å². The molecule has 1 aromatic heterocycles. The van der Waals surface area contributed by atoms with Gasteiger partial charge in [0.15, 0.2) is 0 Å². The van der Waals surface area contributed by atoms with Gasteiger partial charge >= 0.3 is 18.2 Å². The predicted octanol–water partition coefficient (Wildman–Crippen LogP) is 4.45. The second kappa shape index (κ2) is 10.8. The molecule has 0 radical (unpaired) electrons. The lowest BCUT2D eigenvalue weighted by atomic mass is 9.80. The number of urea groups is 1. The normalized spacial score (nSPS) is 12.9. The lowest BCUT2D eigenvalue weighted by Gasteiger charge is -2.35. The number of carbonyl (C=O) groups is 2. The summed E-state index contributed by atoms with van der Waals surface area (Å²) in [6, 6.07) is 18.0. The Kier molecular flexibility index (Phi) is 7.88. The molecule has 0 aliphatic rings. The Labute approximate surface area is 195 Å². The van der Waals surface area contributed by atoms with Gasteiger partial charge in [-0.3, -0.25) is 9.78 Å². The number of alkyl halides is 3. The molecule has 0 bridgehead atoms. The van der Waals surface area contributed by atoms with Crippen molar-refractivity contribution < 1.29 is 27.5 Å². The van der Waals surface area contributed by atoms with Crippen LogP contribution in [-0.2, 0) is 27.7 Å². The largest absolute Gasteiger partial charge is 0.465 e. The van der Waals surface area contributed by atoms with E-state index in [-0.39, 0.29) is 18.6 Å². The highest BCUT2D eigenvalue weighted by Gasteiger charge is 2.40. The van der Waals surface area contributed by atoms with Crippen molar-refractivity contribution in [2.45, 2.75) is 25.1 Å². The Balaban J connectivity index is 2.11. The van der Waals surface area contributed by atoms with Gasteiger partial charge in [-0.2, -0.15) is 13.2 Å². The minimum Gasteiger partial charge on any atom is -0.465 e. The Hall–Kier alpha value is -3.88. The monoisotopic (exact) mass is 471 g/mol. The standard InChI is InChI=1S/C25H24F3N3O3/c1-2-34-22(32)17-30-23(33)31-24(21-13-6-7-14-29-21,16-18-9-4-3-5-10-18)19-11-8-12-20(15-19)25(26,27)28/h3-15H,2,16-17H2,1H3,(H2,30,31,33). The van der Waals surface area contributed by atoms with Gasteiger partial charge in [0, 0.05) is 12.6 Å². The number of carbonyl (C=O) groups excluding carboxylic acids is 2. The molecule has 2 N–H and O–H groups in total. The number of benzene rings is 2. The molecule has 2 amide bonds. The first-order chi connectivity index (χ1) is 16.2. The van der Waals surface area contributed by atoms with Crippen LogP contribution < -0.4 is 10.6 Å². The number of aromatic nitrogens is 1. The first-order valence-electron chi connectivity index (χ1n) is 10.6. The Morgan fingerprint density at radius 3 is 2.29 bits per heavy atom. The van der Waals surface area contributed by atoms with Crippen LogP contribution in [0.25, 0.3) is 0 Å². The highest BCUT2D eigenvalue weighted by atomic mass is 19.4. The number of rotatable bonds is 8. The fraction of sp³-hybridized carbons (Fsp3) is 0.240. The lowest BCUT2D eigenvalue weighted by molar-refractivity contribution is -0.142. The number of nitrogens with one attached hydrogen (secondary N) is 2. The van der Waals surface area contributed by atoms with E-state index in [9.17, 15) is 22.8 Å². The van der Waals surface area contributed by atoms with Crippen LogP contribution in [0, 0.1) is 0 Å². The van der Waals surface area contributed by atoms with Crippen molar-refractivity contribution in [2.24, 2.45) is 0 Å². The molecule has 1 heterocycles. The number of esters is 1. The van der Waals surface area contributed by atoms with Gasteiger partial charge < -0.3 is 15.4 Å². The SMILES string of the molecule is CCOC(=O)CNC(=O)NC(Cc1ccccc1)(c1cccc(C(F)(F)F)c1)c1ccccn1. The van der Waals surface area contributed by atoms with Gasteiger partial charge in [-0.25, -0.2) is 4.79 Å². The van der Waals surface area contributed by atoms with Crippen LogP contribution in [0.5, 0.6) is 0 Å². The summed E-state index contributed by atoms with van der Waals surface area (Å²) in [6.07, 6.45) is -2.97. The third-order valence-electron chi connectivity index (χ3n) is 5.12. The van der Waals surface area contributed by atoms with Gasteiger partial charge in [0.05, 0.1) is 17.9 Å². The Bertz CT molecular complexity index is 1110. The van der Waals surface area contributed by atoms with E-state index in [0.717, 1.165) is 17.7 Å². The first-order valence-corrected chi connectivity index (χ1v) is 10.6. The molecule has 9 heteroatoms. The van der Waals surface area contributed by atoms with Crippen molar-refractivity contribution in [2.75, 3.05) is 13.2 Å². The average Bonchev–Trinajstić information content (AvgIpc) is 2.83. The zero-order chi connectivity index (χ0) is 24.6. The van der Waals surface area contributed by atoms with Crippen molar-refractivity contribution in [3.63, 3.8) is 0 Å². The summed E-state index contributed by atoms with van der Waals surface area (Å²) in [5, 5.41) is 5.22. The van der Waals surface area contributed by atoms with Crippen LogP contribution in [0.2, 0.25) is 0 Å². The van der Waals surface area contributed by atoms with Crippen molar-refractivity contribution in [3.8, 4) is 0 Å². The van der Waals surface area contributed by atoms with Gasteiger partial charge in [0.25, 0.3) is 0 Å². The van der Waals surface area contributed by atoms with Crippen molar-refractivity contribution in [1.82, 2.24) is 15.6 Å². The van der Waals surface area contributed by atoms with E-state index in [1.807, 2.05) is 18.2 Å². The molecule has 0 saturated carbocycles. The quantitative estimate of drug-likeness (QED) is 0.476. The summed E-state index contributed by atoms with van der Waals surface area (Å²) in [6.45, 7) is 1.39. The molecule has 0 spiro atoms. The molecular weight excluding hydrogens is 447 g/mol. The number of ether oxygens (including phenoxy) is 1. The van der Waals surface area contributed by atoms with Gasteiger partial charge in [-0.1, -0.05) is 48.5 Å². The lowest BCUT2D eigenvalue weighted by Crippen LogP contribution is -2.53. The molecule has 1 unspecified atom stereocenters. The molecule has 0 saturated heterocycles. The molecule has 0 fully saturated rings. The highest BCUT2D eigenvalue weighted by molar-refractivity contribution is 5.81. The predicted molar refractivity (Wildman–Crippen MR) is 120 cm³/mol. The van der Waals surface area contributed by atoms with E-state index >= 15 is 0 Å². The summed E-state index contributed by atoms with van der Waals surface area (Å²) < 4.78 is 45.5. The minimum absolute atomic E-state index is 0.110. The third-order valence-corrected chi connectivity index (χ3v) is 5.12. The summed E-state index contributed by atoms with van der Waals surface area (Å²) >= 11 is 0. The number of nitrogens with zero attached hydrogens (tertiary/aromatic N) is 1. The minimum atomic E-state index is -4.58. The van der Waals surface area contributed by atoms with Gasteiger partial charge in [0.1, 0.15) is 12.1 Å². The molecule has 34 heavy (non-hydrogen) atoms. The maximum absolute atomic E-state index is 13.6. The molecule has 2 aromatic carbocycles. The number of hydrogen-bond acceptors (Lipinski definition) is 4. The molecule has 6 nitrogen and oxygen atoms in total. The van der Waals surface area contributed by atoms with E-state index in [4.69, 9.17) is 4.74 Å². The van der Waals surface area contributed by atoms with E-state index in [0.29, 0.717) is 5.69 Å². The van der Waals surface area contributed by atoms with E-state index in [1.165, 1.54) is 18.3 Å². The van der Waals surface area contributed by atoms with Gasteiger partial charge in [0.2, 0.25) is 0 Å². The number of amides is 2. The summed E-state index contributed by atoms with van der Waals surface area (Å²) in [4.78, 5) is 29.0. The fourth-order valence-corrected chi connectivity index (χ4v) is 3.60. The van der Waals surface area contributed by atoms with E-state index in [1.54, 1.807) is 37.3 Å². The average molecular weight is 471 g/mol. The molecule has 1 atom stereocenters. The highest BCUT2D eigenvalue weighted by Crippen LogP contribution is 2.36. The zero-order valence-corrected chi connectivity index (χ0v) is 18.4. The number of hydrogen-bond donors (Lipinski definition) is 2. The van der Waals surface area contributed by atoms with Crippen LogP contribution in [0.4, 0.5) is 18.0 Å². The zero-order valence-electron chi connectivity index (χ0n) is 18.4. The Morgan fingerprint density at radius 1 is 0.941 bits per heavy atom. The van der Waals surface area contributed by atoms with Crippen molar-refractivity contribution >= 4 is 12.0 Å². The van der Waals surface area contributed by atoms with Crippen molar-refractivity contribution in [1.29, 1.82) is 0 Å². The van der Waals surface area contributed by atoms with Gasteiger partial charge in [-0.15, -0.1) is 0 Å². The first kappa shape index (κ1) is 24.8. The van der Waals surface area contributed by atoms with Crippen LogP contribution in [0.1, 0.15) is 29.3 Å². The molecule has 3 aromatic rings. The number of halogens is 3. The smallest absolute Gasteiger partial charge is 0.416 e. The van der Waals surface area contributed by atoms with Crippen molar-refractivity contribution in [3.05, 3.63) is 101 Å². The maximum atomic E-state index is 13.6. The maximum Gasteiger partial charge on any atom is 0.416 e. The van der Waals surface area contributed by atoms with Crippen LogP contribution >= 0.6 is 0 Å². The third kappa shape index (κ3) is 6.12. The van der Waals surface area contributed by atoms with E-state index in [2.05, 4.69) is 15.6 Å². The Morgan fingerprint density at radius 2 is 1.65 bits per heavy atom. The molecular formula is C25H24F3N3O3. The van der Waals surface area contributed by atoms with E-state index < -0.39 is 35.8 Å². The fourth-order valence-electron chi connectivity index (χ4n) is 3.60. The van der Waals surface area contributed by atoms with Crippen LogP contribution in [-0.4, -0.2) is 30.1 Å². The molecule has 3 rings (SSSR count). The summed E-state index contributed by atoms with van der Waals surface area (Å²) in [5.74, 6) is -0.636. The molecule has 0 aliphatic heterocycles. The second-order valence-corrected chi connectivity index (χ2v) is 7.47. The number of pyridine rings is 1. The summed E-state index contributed by atoms with van der Waals surface area (Å²) in [5.41, 5.74) is -1.04. The molecule has 178 valence electrons. The molecule has 0 aliphatic carbocycles.